The van der Waals surface area contributed by atoms with Gasteiger partial charge in [-0.05, 0) is 31.2 Å². The third kappa shape index (κ3) is 3.58. The molecule has 1 heterocycles. The highest BCUT2D eigenvalue weighted by Gasteiger charge is 2.17. The third-order valence-electron chi connectivity index (χ3n) is 2.55. The van der Waals surface area contributed by atoms with Crippen LogP contribution in [0, 0.1) is 0 Å². The lowest BCUT2D eigenvalue weighted by molar-refractivity contribution is 0.102. The number of hydrogen-bond donors (Lipinski definition) is 3. The maximum atomic E-state index is 11.9. The molecule has 21 heavy (non-hydrogen) atoms. The van der Waals surface area contributed by atoms with Crippen LogP contribution in [0.5, 0.6) is 5.75 Å². The summed E-state index contributed by atoms with van der Waals surface area (Å²) >= 11 is 0. The molecule has 8 nitrogen and oxygen atoms in total. The standard InChI is InChI=1S/C12H14N4O4S/c1-2-20-10-4-3-8(7-11(10)21(13,18)19)15-12(17)9-5-6-14-16-9/h3-7H,2H2,1H3,(H,14,16)(H,15,17)(H2,13,18,19). The number of benzene rings is 1. The molecule has 0 atom stereocenters. The van der Waals surface area contributed by atoms with Crippen LogP contribution in [0.25, 0.3) is 0 Å². The molecule has 1 aromatic carbocycles. The van der Waals surface area contributed by atoms with Crippen LogP contribution in [0.1, 0.15) is 17.4 Å². The Morgan fingerprint density at radius 2 is 2.19 bits per heavy atom. The van der Waals surface area contributed by atoms with Crippen molar-refractivity contribution in [1.29, 1.82) is 0 Å². The number of primary sulfonamides is 1. The minimum absolute atomic E-state index is 0.138. The first-order chi connectivity index (χ1) is 9.91. The van der Waals surface area contributed by atoms with E-state index in [2.05, 4.69) is 15.5 Å². The topological polar surface area (TPSA) is 127 Å². The Kier molecular flexibility index (Phi) is 4.24. The number of carbonyl (C=O) groups excluding carboxylic acids is 1. The van der Waals surface area contributed by atoms with E-state index in [0.29, 0.717) is 6.61 Å². The highest BCUT2D eigenvalue weighted by molar-refractivity contribution is 7.89. The summed E-state index contributed by atoms with van der Waals surface area (Å²) in [7, 11) is -3.96. The van der Waals surface area contributed by atoms with Crippen LogP contribution in [0.3, 0.4) is 0 Å². The van der Waals surface area contributed by atoms with Gasteiger partial charge in [0.2, 0.25) is 10.0 Å². The van der Waals surface area contributed by atoms with Gasteiger partial charge in [0.05, 0.1) is 6.61 Å². The number of rotatable bonds is 5. The summed E-state index contributed by atoms with van der Waals surface area (Å²) in [6, 6.07) is 5.69. The average Bonchev–Trinajstić information content (AvgIpc) is 2.93. The zero-order valence-electron chi connectivity index (χ0n) is 11.2. The second kappa shape index (κ2) is 5.94. The minimum atomic E-state index is -3.96. The highest BCUT2D eigenvalue weighted by atomic mass is 32.2. The van der Waals surface area contributed by atoms with E-state index in [0.717, 1.165) is 0 Å². The van der Waals surface area contributed by atoms with E-state index in [1.807, 2.05) is 0 Å². The first-order valence-corrected chi connectivity index (χ1v) is 7.57. The summed E-state index contributed by atoms with van der Waals surface area (Å²) in [5.41, 5.74) is 0.531. The SMILES string of the molecule is CCOc1ccc(NC(=O)c2ccn[nH]2)cc1S(N)(=O)=O. The van der Waals surface area contributed by atoms with Crippen molar-refractivity contribution >= 4 is 21.6 Å². The van der Waals surface area contributed by atoms with Crippen LogP contribution < -0.4 is 15.2 Å². The average molecular weight is 310 g/mol. The number of nitrogens with two attached hydrogens (primary N) is 1. The Hall–Kier alpha value is -2.39. The van der Waals surface area contributed by atoms with Gasteiger partial charge in [-0.15, -0.1) is 0 Å². The van der Waals surface area contributed by atoms with E-state index in [4.69, 9.17) is 9.88 Å². The Labute approximate surface area is 121 Å². The number of sulfonamides is 1. The number of anilines is 1. The Bertz CT molecular complexity index is 741. The Morgan fingerprint density at radius 3 is 2.76 bits per heavy atom. The number of nitrogens with one attached hydrogen (secondary N) is 2. The van der Waals surface area contributed by atoms with Crippen LogP contribution in [-0.2, 0) is 10.0 Å². The maximum absolute atomic E-state index is 11.9. The van der Waals surface area contributed by atoms with Gasteiger partial charge in [-0.25, -0.2) is 13.6 Å². The first kappa shape index (κ1) is 15.0. The second-order valence-corrected chi connectivity index (χ2v) is 5.59. The molecule has 0 saturated heterocycles. The number of H-pyrrole nitrogens is 1. The van der Waals surface area contributed by atoms with Gasteiger partial charge in [0.1, 0.15) is 16.3 Å². The second-order valence-electron chi connectivity index (χ2n) is 4.06. The van der Waals surface area contributed by atoms with Crippen molar-refractivity contribution in [2.75, 3.05) is 11.9 Å². The maximum Gasteiger partial charge on any atom is 0.273 e. The van der Waals surface area contributed by atoms with Crippen LogP contribution in [0.4, 0.5) is 5.69 Å². The van der Waals surface area contributed by atoms with E-state index in [1.54, 1.807) is 6.92 Å². The molecule has 1 aromatic heterocycles. The van der Waals surface area contributed by atoms with Gasteiger partial charge in [0.25, 0.3) is 5.91 Å². The summed E-state index contributed by atoms with van der Waals surface area (Å²) in [4.78, 5) is 11.7. The van der Waals surface area contributed by atoms with Gasteiger partial charge in [-0.2, -0.15) is 5.10 Å². The predicted molar refractivity (Wildman–Crippen MR) is 75.5 cm³/mol. The van der Waals surface area contributed by atoms with Crippen LogP contribution in [-0.4, -0.2) is 31.1 Å². The molecule has 2 rings (SSSR count). The summed E-state index contributed by atoms with van der Waals surface area (Å²) in [6.45, 7) is 2.02. The van der Waals surface area contributed by atoms with E-state index in [1.165, 1.54) is 30.5 Å². The fourth-order valence-electron chi connectivity index (χ4n) is 1.66. The molecule has 0 bridgehead atoms. The van der Waals surface area contributed by atoms with Crippen molar-refractivity contribution in [3.63, 3.8) is 0 Å². The minimum Gasteiger partial charge on any atom is -0.492 e. The monoisotopic (exact) mass is 310 g/mol. The number of ether oxygens (including phenoxy) is 1. The van der Waals surface area contributed by atoms with Gasteiger partial charge in [0.15, 0.2) is 0 Å². The molecule has 112 valence electrons. The number of nitrogens with zero attached hydrogens (tertiary/aromatic N) is 1. The van der Waals surface area contributed by atoms with Crippen molar-refractivity contribution in [2.24, 2.45) is 5.14 Å². The number of aromatic nitrogens is 2. The van der Waals surface area contributed by atoms with Crippen LogP contribution in [0.15, 0.2) is 35.4 Å². The molecule has 0 radical (unpaired) electrons. The predicted octanol–water partition coefficient (Wildman–Crippen LogP) is 0.708. The lowest BCUT2D eigenvalue weighted by Crippen LogP contribution is -2.16. The zero-order valence-corrected chi connectivity index (χ0v) is 12.0. The van der Waals surface area contributed by atoms with Crippen LogP contribution >= 0.6 is 0 Å². The molecule has 0 aliphatic carbocycles. The molecule has 1 amide bonds. The molecule has 0 unspecified atom stereocenters. The smallest absolute Gasteiger partial charge is 0.273 e. The number of hydrogen-bond acceptors (Lipinski definition) is 5. The van der Waals surface area contributed by atoms with E-state index in [-0.39, 0.29) is 22.0 Å². The Balaban J connectivity index is 2.32. The van der Waals surface area contributed by atoms with Crippen LogP contribution in [0.2, 0.25) is 0 Å². The molecule has 0 aliphatic heterocycles. The summed E-state index contributed by atoms with van der Waals surface area (Å²) < 4.78 is 28.3. The summed E-state index contributed by atoms with van der Waals surface area (Å²) in [6.07, 6.45) is 1.43. The number of amides is 1. The summed E-state index contributed by atoms with van der Waals surface area (Å²) in [5, 5.41) is 13.8. The third-order valence-corrected chi connectivity index (χ3v) is 3.49. The molecular weight excluding hydrogens is 296 g/mol. The fourth-order valence-corrected chi connectivity index (χ4v) is 2.36. The number of aromatic amines is 1. The molecule has 0 fully saturated rings. The van der Waals surface area contributed by atoms with Crippen molar-refractivity contribution in [1.82, 2.24) is 10.2 Å². The summed E-state index contributed by atoms with van der Waals surface area (Å²) in [5.74, 6) is -0.309. The fraction of sp³-hybridized carbons (Fsp3) is 0.167. The van der Waals surface area contributed by atoms with Crippen molar-refractivity contribution in [3.8, 4) is 5.75 Å². The van der Waals surface area contributed by atoms with E-state index < -0.39 is 15.9 Å². The van der Waals surface area contributed by atoms with Crippen molar-refractivity contribution in [2.45, 2.75) is 11.8 Å². The molecule has 0 aliphatic rings. The first-order valence-electron chi connectivity index (χ1n) is 6.02. The molecule has 0 spiro atoms. The van der Waals surface area contributed by atoms with Gasteiger partial charge in [0, 0.05) is 11.9 Å². The van der Waals surface area contributed by atoms with E-state index in [9.17, 15) is 13.2 Å². The normalized spacial score (nSPS) is 11.1. The van der Waals surface area contributed by atoms with E-state index >= 15 is 0 Å². The van der Waals surface area contributed by atoms with Crippen molar-refractivity contribution in [3.05, 3.63) is 36.2 Å². The lowest BCUT2D eigenvalue weighted by atomic mass is 10.3. The lowest BCUT2D eigenvalue weighted by Gasteiger charge is -2.11. The van der Waals surface area contributed by atoms with Gasteiger partial charge in [-0.3, -0.25) is 9.89 Å². The number of carbonyl (C=O) groups is 1. The van der Waals surface area contributed by atoms with Gasteiger partial charge >= 0.3 is 0 Å². The molecule has 0 saturated carbocycles. The van der Waals surface area contributed by atoms with Crippen molar-refractivity contribution < 1.29 is 17.9 Å². The molecule has 9 heteroatoms. The van der Waals surface area contributed by atoms with Gasteiger partial charge in [-0.1, -0.05) is 0 Å². The molecular formula is C12H14N4O4S. The molecule has 2 aromatic rings. The highest BCUT2D eigenvalue weighted by Crippen LogP contribution is 2.26. The Morgan fingerprint density at radius 1 is 1.43 bits per heavy atom. The van der Waals surface area contributed by atoms with Gasteiger partial charge < -0.3 is 10.1 Å². The zero-order chi connectivity index (χ0) is 15.5. The molecule has 4 N–H and O–H groups in total. The quantitative estimate of drug-likeness (QED) is 0.749. The largest absolute Gasteiger partial charge is 0.492 e.